The first-order valence-corrected chi connectivity index (χ1v) is 5.87. The number of halogens is 1. The molecule has 1 heterocycles. The van der Waals surface area contributed by atoms with E-state index >= 15 is 0 Å². The van der Waals surface area contributed by atoms with E-state index in [0.29, 0.717) is 18.7 Å². The summed E-state index contributed by atoms with van der Waals surface area (Å²) in [5.74, 6) is 0.537. The first-order valence-electron chi connectivity index (χ1n) is 5.34. The van der Waals surface area contributed by atoms with Gasteiger partial charge in [-0.15, -0.1) is 11.6 Å². The number of aromatic nitrogens is 1. The van der Waals surface area contributed by atoms with Crippen molar-refractivity contribution in [2.24, 2.45) is 0 Å². The molecule has 0 aliphatic heterocycles. The first-order chi connectivity index (χ1) is 7.56. The topological polar surface area (TPSA) is 42.0 Å². The molecule has 1 amide bonds. The number of nitrogens with one attached hydrogen (secondary N) is 1. The zero-order valence-electron chi connectivity index (χ0n) is 9.66. The molecule has 0 aliphatic carbocycles. The lowest BCUT2D eigenvalue weighted by Gasteiger charge is -2.26. The minimum atomic E-state index is -0.391. The number of amides is 1. The minimum absolute atomic E-state index is 0.0227. The average Bonchev–Trinajstić information content (AvgIpc) is 2.27. The average molecular weight is 241 g/mol. The fourth-order valence-electron chi connectivity index (χ4n) is 1.44. The van der Waals surface area contributed by atoms with Crippen molar-refractivity contribution in [3.8, 4) is 0 Å². The number of pyridine rings is 1. The standard InChI is InChI=1S/C12H17ClN2O/c1-12(2,10-5-4-8-14-9-10)15-11(16)6-3-7-13/h4-5,8-9H,3,6-7H2,1-2H3,(H,15,16). The van der Waals surface area contributed by atoms with E-state index in [1.807, 2.05) is 26.0 Å². The van der Waals surface area contributed by atoms with Gasteiger partial charge < -0.3 is 5.32 Å². The summed E-state index contributed by atoms with van der Waals surface area (Å²) in [7, 11) is 0. The third-order valence-electron chi connectivity index (χ3n) is 2.37. The van der Waals surface area contributed by atoms with Crippen LogP contribution < -0.4 is 5.32 Å². The number of nitrogens with zero attached hydrogens (tertiary/aromatic N) is 1. The van der Waals surface area contributed by atoms with Gasteiger partial charge in [0.1, 0.15) is 0 Å². The molecular formula is C12H17ClN2O. The molecule has 16 heavy (non-hydrogen) atoms. The van der Waals surface area contributed by atoms with Crippen molar-refractivity contribution in [1.82, 2.24) is 10.3 Å². The highest BCUT2D eigenvalue weighted by molar-refractivity contribution is 6.17. The highest BCUT2D eigenvalue weighted by atomic mass is 35.5. The van der Waals surface area contributed by atoms with Crippen LogP contribution in [0.2, 0.25) is 0 Å². The van der Waals surface area contributed by atoms with Crippen LogP contribution in [0.15, 0.2) is 24.5 Å². The molecule has 0 spiro atoms. The lowest BCUT2D eigenvalue weighted by Crippen LogP contribution is -2.40. The van der Waals surface area contributed by atoms with Gasteiger partial charge in [-0.2, -0.15) is 0 Å². The van der Waals surface area contributed by atoms with E-state index in [0.717, 1.165) is 5.56 Å². The van der Waals surface area contributed by atoms with Crippen molar-refractivity contribution in [2.75, 3.05) is 5.88 Å². The molecule has 0 saturated carbocycles. The maximum Gasteiger partial charge on any atom is 0.220 e. The normalized spacial score (nSPS) is 11.2. The Morgan fingerprint density at radius 2 is 2.31 bits per heavy atom. The Hall–Kier alpha value is -1.09. The molecule has 0 saturated heterocycles. The second kappa shape index (κ2) is 5.85. The first kappa shape index (κ1) is 13.0. The summed E-state index contributed by atoms with van der Waals surface area (Å²) in [6.45, 7) is 3.92. The van der Waals surface area contributed by atoms with Gasteiger partial charge in [0.25, 0.3) is 0 Å². The Bertz CT molecular complexity index is 338. The molecule has 0 atom stereocenters. The Labute approximate surface area is 101 Å². The van der Waals surface area contributed by atoms with Crippen LogP contribution in [-0.4, -0.2) is 16.8 Å². The Balaban J connectivity index is 2.61. The summed E-state index contributed by atoms with van der Waals surface area (Å²) in [5.41, 5.74) is 0.603. The van der Waals surface area contributed by atoms with Crippen LogP contribution in [0.1, 0.15) is 32.3 Å². The van der Waals surface area contributed by atoms with E-state index in [-0.39, 0.29) is 5.91 Å². The molecule has 0 bridgehead atoms. The van der Waals surface area contributed by atoms with Gasteiger partial charge in [0.15, 0.2) is 0 Å². The molecule has 1 aromatic rings. The molecule has 0 fully saturated rings. The molecule has 0 unspecified atom stereocenters. The second-order valence-corrected chi connectivity index (χ2v) is 4.59. The van der Waals surface area contributed by atoms with Crippen LogP contribution in [0.3, 0.4) is 0 Å². The van der Waals surface area contributed by atoms with Gasteiger partial charge in [-0.25, -0.2) is 0 Å². The second-order valence-electron chi connectivity index (χ2n) is 4.21. The smallest absolute Gasteiger partial charge is 0.220 e. The molecular weight excluding hydrogens is 224 g/mol. The van der Waals surface area contributed by atoms with E-state index in [4.69, 9.17) is 11.6 Å². The predicted molar refractivity (Wildman–Crippen MR) is 65.4 cm³/mol. The highest BCUT2D eigenvalue weighted by Crippen LogP contribution is 2.18. The number of hydrogen-bond acceptors (Lipinski definition) is 2. The molecule has 1 N–H and O–H groups in total. The van der Waals surface area contributed by atoms with Gasteiger partial charge in [-0.3, -0.25) is 9.78 Å². The molecule has 3 nitrogen and oxygen atoms in total. The fourth-order valence-corrected chi connectivity index (χ4v) is 1.58. The fraction of sp³-hybridized carbons (Fsp3) is 0.500. The molecule has 4 heteroatoms. The van der Waals surface area contributed by atoms with Crippen molar-refractivity contribution >= 4 is 17.5 Å². The highest BCUT2D eigenvalue weighted by Gasteiger charge is 2.22. The summed E-state index contributed by atoms with van der Waals surface area (Å²) in [6.07, 6.45) is 4.65. The van der Waals surface area contributed by atoms with Gasteiger partial charge in [-0.05, 0) is 31.9 Å². The Morgan fingerprint density at radius 3 is 2.88 bits per heavy atom. The predicted octanol–water partition coefficient (Wildman–Crippen LogP) is 2.45. The lowest BCUT2D eigenvalue weighted by atomic mass is 9.96. The van der Waals surface area contributed by atoms with Crippen molar-refractivity contribution < 1.29 is 4.79 Å². The van der Waals surface area contributed by atoms with E-state index in [1.54, 1.807) is 12.4 Å². The third kappa shape index (κ3) is 3.81. The number of carbonyl (C=O) groups excluding carboxylic acids is 1. The maximum absolute atomic E-state index is 11.6. The Kier molecular flexibility index (Phi) is 4.74. The van der Waals surface area contributed by atoms with Gasteiger partial charge in [0.05, 0.1) is 5.54 Å². The van der Waals surface area contributed by atoms with E-state index in [1.165, 1.54) is 0 Å². The van der Waals surface area contributed by atoms with Crippen molar-refractivity contribution in [2.45, 2.75) is 32.2 Å². The lowest BCUT2D eigenvalue weighted by molar-refractivity contribution is -0.122. The monoisotopic (exact) mass is 240 g/mol. The van der Waals surface area contributed by atoms with Crippen LogP contribution >= 0.6 is 11.6 Å². The molecule has 1 aromatic heterocycles. The van der Waals surface area contributed by atoms with Gasteiger partial charge in [0.2, 0.25) is 5.91 Å². The van der Waals surface area contributed by atoms with E-state index < -0.39 is 5.54 Å². The Morgan fingerprint density at radius 1 is 1.56 bits per heavy atom. The molecule has 0 radical (unpaired) electrons. The van der Waals surface area contributed by atoms with Crippen LogP contribution in [0.25, 0.3) is 0 Å². The summed E-state index contributed by atoms with van der Waals surface area (Å²) < 4.78 is 0. The molecule has 0 aromatic carbocycles. The van der Waals surface area contributed by atoms with Gasteiger partial charge in [0, 0.05) is 24.7 Å². The van der Waals surface area contributed by atoms with E-state index in [2.05, 4.69) is 10.3 Å². The van der Waals surface area contributed by atoms with E-state index in [9.17, 15) is 4.79 Å². The van der Waals surface area contributed by atoms with Crippen LogP contribution in [0.5, 0.6) is 0 Å². The van der Waals surface area contributed by atoms with Crippen LogP contribution in [0.4, 0.5) is 0 Å². The van der Waals surface area contributed by atoms with Crippen LogP contribution in [0, 0.1) is 0 Å². The molecule has 88 valence electrons. The SMILES string of the molecule is CC(C)(NC(=O)CCCCl)c1cccnc1. The number of hydrogen-bond donors (Lipinski definition) is 1. The number of rotatable bonds is 5. The molecule has 1 rings (SSSR count). The zero-order chi connectivity index (χ0) is 12.0. The van der Waals surface area contributed by atoms with Crippen molar-refractivity contribution in [1.29, 1.82) is 0 Å². The molecule has 0 aliphatic rings. The largest absolute Gasteiger partial charge is 0.347 e. The number of alkyl halides is 1. The zero-order valence-corrected chi connectivity index (χ0v) is 10.4. The van der Waals surface area contributed by atoms with Gasteiger partial charge in [-0.1, -0.05) is 6.07 Å². The van der Waals surface area contributed by atoms with Gasteiger partial charge >= 0.3 is 0 Å². The van der Waals surface area contributed by atoms with Crippen molar-refractivity contribution in [3.63, 3.8) is 0 Å². The third-order valence-corrected chi connectivity index (χ3v) is 2.64. The van der Waals surface area contributed by atoms with Crippen LogP contribution in [-0.2, 0) is 10.3 Å². The summed E-state index contributed by atoms with van der Waals surface area (Å²) >= 11 is 5.54. The quantitative estimate of drug-likeness (QED) is 0.804. The summed E-state index contributed by atoms with van der Waals surface area (Å²) in [6, 6.07) is 3.82. The summed E-state index contributed by atoms with van der Waals surface area (Å²) in [4.78, 5) is 15.6. The maximum atomic E-state index is 11.6. The summed E-state index contributed by atoms with van der Waals surface area (Å²) in [5, 5.41) is 2.97. The number of carbonyl (C=O) groups is 1. The minimum Gasteiger partial charge on any atom is -0.347 e. The van der Waals surface area contributed by atoms with Crippen molar-refractivity contribution in [3.05, 3.63) is 30.1 Å².